The zero-order chi connectivity index (χ0) is 14.5. The van der Waals surface area contributed by atoms with Crippen LogP contribution in [0, 0.1) is 5.41 Å². The Morgan fingerprint density at radius 3 is 2.47 bits per heavy atom. The highest BCUT2D eigenvalue weighted by Crippen LogP contribution is 2.27. The number of nitrogens with zero attached hydrogens (tertiary/aromatic N) is 2. The summed E-state index contributed by atoms with van der Waals surface area (Å²) in [6, 6.07) is 0.219. The molecule has 1 unspecified atom stereocenters. The number of piperidine rings is 1. The van der Waals surface area contributed by atoms with Crippen LogP contribution in [-0.2, 0) is 4.79 Å². The monoisotopic (exact) mass is 265 g/mol. The van der Waals surface area contributed by atoms with Crippen LogP contribution in [0.1, 0.15) is 20.3 Å². The van der Waals surface area contributed by atoms with E-state index in [4.69, 9.17) is 5.73 Å². The summed E-state index contributed by atoms with van der Waals surface area (Å²) in [5.41, 5.74) is 6.18. The van der Waals surface area contributed by atoms with Gasteiger partial charge in [0.05, 0.1) is 6.54 Å². The molecule has 4 heteroatoms. The molecule has 19 heavy (non-hydrogen) atoms. The Morgan fingerprint density at radius 2 is 2.00 bits per heavy atom. The van der Waals surface area contributed by atoms with Crippen LogP contribution < -0.4 is 5.73 Å². The average molecular weight is 265 g/mol. The molecule has 0 aliphatic carbocycles. The largest absolute Gasteiger partial charge is 0.334 e. The van der Waals surface area contributed by atoms with Gasteiger partial charge >= 0.3 is 0 Å². The van der Waals surface area contributed by atoms with Crippen molar-refractivity contribution in [1.29, 1.82) is 0 Å². The van der Waals surface area contributed by atoms with Gasteiger partial charge in [-0.3, -0.25) is 9.69 Å². The Bertz CT molecular complexity index is 328. The molecule has 0 aromatic rings. The van der Waals surface area contributed by atoms with Gasteiger partial charge in [0.15, 0.2) is 0 Å². The van der Waals surface area contributed by atoms with Crippen LogP contribution in [0.2, 0.25) is 0 Å². The molecule has 0 bridgehead atoms. The van der Waals surface area contributed by atoms with Crippen molar-refractivity contribution in [3.05, 3.63) is 25.3 Å². The maximum atomic E-state index is 12.2. The SMILES string of the molecule is C=CCN(CC=C)C(=O)CN1CCC(N)C(C)(C)C1. The summed E-state index contributed by atoms with van der Waals surface area (Å²) in [5.74, 6) is 0.131. The Labute approximate surface area is 116 Å². The molecule has 1 heterocycles. The van der Waals surface area contributed by atoms with E-state index in [1.165, 1.54) is 0 Å². The molecular formula is C15H27N3O. The first kappa shape index (κ1) is 15.9. The summed E-state index contributed by atoms with van der Waals surface area (Å²) in [7, 11) is 0. The average Bonchev–Trinajstić information content (AvgIpc) is 2.33. The van der Waals surface area contributed by atoms with E-state index in [0.29, 0.717) is 19.6 Å². The summed E-state index contributed by atoms with van der Waals surface area (Å²) < 4.78 is 0. The van der Waals surface area contributed by atoms with Crippen LogP contribution in [0.4, 0.5) is 0 Å². The number of carbonyl (C=O) groups is 1. The lowest BCUT2D eigenvalue weighted by Gasteiger charge is -2.42. The molecule has 1 saturated heterocycles. The van der Waals surface area contributed by atoms with Crippen LogP contribution >= 0.6 is 0 Å². The lowest BCUT2D eigenvalue weighted by Crippen LogP contribution is -2.54. The number of hydrogen-bond donors (Lipinski definition) is 1. The van der Waals surface area contributed by atoms with Crippen molar-refractivity contribution in [2.75, 3.05) is 32.7 Å². The van der Waals surface area contributed by atoms with Crippen LogP contribution in [0.25, 0.3) is 0 Å². The molecule has 1 amide bonds. The summed E-state index contributed by atoms with van der Waals surface area (Å²) in [4.78, 5) is 16.2. The Morgan fingerprint density at radius 1 is 1.42 bits per heavy atom. The second kappa shape index (κ2) is 6.87. The number of carbonyl (C=O) groups excluding carboxylic acids is 1. The molecule has 1 fully saturated rings. The van der Waals surface area contributed by atoms with Crippen LogP contribution in [0.15, 0.2) is 25.3 Å². The highest BCUT2D eigenvalue weighted by molar-refractivity contribution is 5.78. The third-order valence-corrected chi connectivity index (χ3v) is 3.80. The van der Waals surface area contributed by atoms with E-state index in [0.717, 1.165) is 19.5 Å². The number of amides is 1. The highest BCUT2D eigenvalue weighted by atomic mass is 16.2. The molecule has 0 aromatic carbocycles. The van der Waals surface area contributed by atoms with E-state index in [9.17, 15) is 4.79 Å². The van der Waals surface area contributed by atoms with Crippen molar-refractivity contribution >= 4 is 5.91 Å². The van der Waals surface area contributed by atoms with Crippen molar-refractivity contribution in [2.45, 2.75) is 26.3 Å². The number of rotatable bonds is 6. The Hall–Kier alpha value is -1.13. The molecule has 1 atom stereocenters. The summed E-state index contributed by atoms with van der Waals surface area (Å²) >= 11 is 0. The van der Waals surface area contributed by atoms with Gasteiger partial charge < -0.3 is 10.6 Å². The van der Waals surface area contributed by atoms with Crippen molar-refractivity contribution in [2.24, 2.45) is 11.1 Å². The molecule has 1 rings (SSSR count). The molecule has 2 N–H and O–H groups in total. The predicted octanol–water partition coefficient (Wildman–Crippen LogP) is 1.25. The minimum Gasteiger partial charge on any atom is -0.334 e. The minimum absolute atomic E-state index is 0.0697. The summed E-state index contributed by atoms with van der Waals surface area (Å²) in [6.45, 7) is 15.1. The summed E-state index contributed by atoms with van der Waals surface area (Å²) in [5, 5.41) is 0. The van der Waals surface area contributed by atoms with Gasteiger partial charge in [0, 0.05) is 32.2 Å². The number of hydrogen-bond acceptors (Lipinski definition) is 3. The molecule has 0 spiro atoms. The smallest absolute Gasteiger partial charge is 0.237 e. The summed E-state index contributed by atoms with van der Waals surface area (Å²) in [6.07, 6.45) is 4.44. The standard InChI is InChI=1S/C15H27N3O/c1-5-8-18(9-6-2)14(19)11-17-10-7-13(16)15(3,4)12-17/h5-6,13H,1-2,7-12,16H2,3-4H3. The van der Waals surface area contributed by atoms with E-state index in [2.05, 4.69) is 31.9 Å². The molecule has 4 nitrogen and oxygen atoms in total. The van der Waals surface area contributed by atoms with Crippen LogP contribution in [-0.4, -0.2) is 54.5 Å². The van der Waals surface area contributed by atoms with Crippen molar-refractivity contribution in [3.63, 3.8) is 0 Å². The molecular weight excluding hydrogens is 238 g/mol. The van der Waals surface area contributed by atoms with Gasteiger partial charge in [0.2, 0.25) is 5.91 Å². The molecule has 0 radical (unpaired) electrons. The fraction of sp³-hybridized carbons (Fsp3) is 0.667. The van der Waals surface area contributed by atoms with Gasteiger partial charge in [-0.25, -0.2) is 0 Å². The van der Waals surface area contributed by atoms with Gasteiger partial charge in [-0.2, -0.15) is 0 Å². The fourth-order valence-corrected chi connectivity index (χ4v) is 2.50. The van der Waals surface area contributed by atoms with Gasteiger partial charge in [-0.1, -0.05) is 26.0 Å². The Balaban J connectivity index is 2.56. The van der Waals surface area contributed by atoms with Gasteiger partial charge in [-0.15, -0.1) is 13.2 Å². The molecule has 1 aliphatic heterocycles. The first-order chi connectivity index (χ1) is 8.90. The normalized spacial score (nSPS) is 22.8. The molecule has 0 saturated carbocycles. The maximum Gasteiger partial charge on any atom is 0.237 e. The van der Waals surface area contributed by atoms with Crippen molar-refractivity contribution < 1.29 is 4.79 Å². The first-order valence-electron chi connectivity index (χ1n) is 6.88. The zero-order valence-corrected chi connectivity index (χ0v) is 12.3. The van der Waals surface area contributed by atoms with Gasteiger partial charge in [-0.05, 0) is 11.8 Å². The van der Waals surface area contributed by atoms with E-state index in [1.54, 1.807) is 17.1 Å². The lowest BCUT2D eigenvalue weighted by atomic mass is 9.80. The zero-order valence-electron chi connectivity index (χ0n) is 12.3. The lowest BCUT2D eigenvalue weighted by molar-refractivity contribution is -0.132. The second-order valence-electron chi connectivity index (χ2n) is 5.97. The van der Waals surface area contributed by atoms with Gasteiger partial charge in [0.25, 0.3) is 0 Å². The first-order valence-corrected chi connectivity index (χ1v) is 6.88. The predicted molar refractivity (Wildman–Crippen MR) is 79.8 cm³/mol. The highest BCUT2D eigenvalue weighted by Gasteiger charge is 2.34. The molecule has 1 aliphatic rings. The third kappa shape index (κ3) is 4.48. The quantitative estimate of drug-likeness (QED) is 0.735. The van der Waals surface area contributed by atoms with E-state index in [1.807, 2.05) is 0 Å². The Kier molecular flexibility index (Phi) is 5.76. The minimum atomic E-state index is 0.0697. The molecule has 0 aromatic heterocycles. The number of likely N-dealkylation sites (tertiary alicyclic amines) is 1. The van der Waals surface area contributed by atoms with Crippen molar-refractivity contribution in [3.8, 4) is 0 Å². The second-order valence-corrected chi connectivity index (χ2v) is 5.97. The topological polar surface area (TPSA) is 49.6 Å². The van der Waals surface area contributed by atoms with Gasteiger partial charge in [0.1, 0.15) is 0 Å². The molecule has 108 valence electrons. The maximum absolute atomic E-state index is 12.2. The van der Waals surface area contributed by atoms with Crippen molar-refractivity contribution in [1.82, 2.24) is 9.80 Å². The fourth-order valence-electron chi connectivity index (χ4n) is 2.50. The van der Waals surface area contributed by atoms with E-state index in [-0.39, 0.29) is 17.4 Å². The van der Waals surface area contributed by atoms with Crippen LogP contribution in [0.3, 0.4) is 0 Å². The van der Waals surface area contributed by atoms with E-state index >= 15 is 0 Å². The van der Waals surface area contributed by atoms with E-state index < -0.39 is 0 Å². The van der Waals surface area contributed by atoms with Crippen LogP contribution in [0.5, 0.6) is 0 Å². The number of nitrogens with two attached hydrogens (primary N) is 1. The third-order valence-electron chi connectivity index (χ3n) is 3.80.